The fourth-order valence-electron chi connectivity index (χ4n) is 1.78. The molecule has 1 nitrogen and oxygen atoms in total. The fourth-order valence-corrected chi connectivity index (χ4v) is 3.09. The molecule has 0 aromatic carbocycles. The number of alkyl halides is 1. The third-order valence-corrected chi connectivity index (χ3v) is 4.30. The molecule has 78 valence electrons. The summed E-state index contributed by atoms with van der Waals surface area (Å²) in [6.07, 6.45) is 3.76. The summed E-state index contributed by atoms with van der Waals surface area (Å²) in [6, 6.07) is 4.24. The molecular formula is C11H15ClOS. The number of halogens is 1. The predicted molar refractivity (Wildman–Crippen MR) is 61.2 cm³/mol. The highest BCUT2D eigenvalue weighted by Gasteiger charge is 2.24. The van der Waals surface area contributed by atoms with E-state index < -0.39 is 0 Å². The molecule has 1 fully saturated rings. The monoisotopic (exact) mass is 230 g/mol. The first kappa shape index (κ1) is 10.5. The van der Waals surface area contributed by atoms with Gasteiger partial charge in [-0.3, -0.25) is 0 Å². The zero-order valence-corrected chi connectivity index (χ0v) is 9.90. The standard InChI is InChI=1S/C11H15ClOS/c1-8-5-6-10(14-8)11(12)9-4-2-3-7-13-9/h5-6,9,11H,2-4,7H2,1H3. The van der Waals surface area contributed by atoms with Gasteiger partial charge in [0.1, 0.15) is 0 Å². The van der Waals surface area contributed by atoms with Gasteiger partial charge in [0.15, 0.2) is 0 Å². The van der Waals surface area contributed by atoms with Crippen LogP contribution in [0.15, 0.2) is 12.1 Å². The van der Waals surface area contributed by atoms with Gasteiger partial charge in [-0.05, 0) is 38.3 Å². The van der Waals surface area contributed by atoms with Crippen LogP contribution in [0.5, 0.6) is 0 Å². The summed E-state index contributed by atoms with van der Waals surface area (Å²) < 4.78 is 5.68. The van der Waals surface area contributed by atoms with Gasteiger partial charge in [0.2, 0.25) is 0 Å². The number of hydrogen-bond acceptors (Lipinski definition) is 2. The van der Waals surface area contributed by atoms with E-state index in [0.29, 0.717) is 0 Å². The van der Waals surface area contributed by atoms with E-state index in [1.807, 2.05) is 0 Å². The molecule has 2 heterocycles. The van der Waals surface area contributed by atoms with Crippen LogP contribution in [-0.4, -0.2) is 12.7 Å². The SMILES string of the molecule is Cc1ccc(C(Cl)C2CCCCO2)s1. The van der Waals surface area contributed by atoms with Crippen molar-refractivity contribution in [3.05, 3.63) is 21.9 Å². The molecular weight excluding hydrogens is 216 g/mol. The van der Waals surface area contributed by atoms with Crippen molar-refractivity contribution in [1.82, 2.24) is 0 Å². The first-order valence-corrected chi connectivity index (χ1v) is 6.34. The molecule has 2 atom stereocenters. The molecule has 2 rings (SSSR count). The summed E-state index contributed by atoms with van der Waals surface area (Å²) in [7, 11) is 0. The Labute approximate surface area is 94.0 Å². The van der Waals surface area contributed by atoms with Crippen LogP contribution in [0.3, 0.4) is 0 Å². The summed E-state index contributed by atoms with van der Waals surface area (Å²) in [5.41, 5.74) is 0. The van der Waals surface area contributed by atoms with Crippen molar-refractivity contribution in [2.75, 3.05) is 6.61 Å². The number of thiophene rings is 1. The highest BCUT2D eigenvalue weighted by Crippen LogP contribution is 2.35. The summed E-state index contributed by atoms with van der Waals surface area (Å²) in [4.78, 5) is 2.57. The maximum absolute atomic E-state index is 6.38. The molecule has 1 aliphatic heterocycles. The zero-order chi connectivity index (χ0) is 9.97. The summed E-state index contributed by atoms with van der Waals surface area (Å²) in [6.45, 7) is 2.98. The molecule has 0 spiro atoms. The van der Waals surface area contributed by atoms with Crippen LogP contribution >= 0.6 is 22.9 Å². The number of hydrogen-bond donors (Lipinski definition) is 0. The number of aryl methyl sites for hydroxylation is 1. The Balaban J connectivity index is 2.03. The molecule has 0 amide bonds. The molecule has 0 saturated carbocycles. The van der Waals surface area contributed by atoms with E-state index in [0.717, 1.165) is 13.0 Å². The second kappa shape index (κ2) is 4.65. The van der Waals surface area contributed by atoms with E-state index in [-0.39, 0.29) is 11.5 Å². The topological polar surface area (TPSA) is 9.23 Å². The Morgan fingerprint density at radius 2 is 2.36 bits per heavy atom. The normalized spacial score (nSPS) is 24.9. The Morgan fingerprint density at radius 3 is 2.93 bits per heavy atom. The maximum atomic E-state index is 6.38. The molecule has 1 aliphatic rings. The molecule has 0 bridgehead atoms. The van der Waals surface area contributed by atoms with Crippen LogP contribution in [-0.2, 0) is 4.74 Å². The average Bonchev–Trinajstić information content (AvgIpc) is 2.65. The Morgan fingerprint density at radius 1 is 1.50 bits per heavy atom. The first-order chi connectivity index (χ1) is 6.77. The lowest BCUT2D eigenvalue weighted by molar-refractivity contribution is 0.0141. The molecule has 1 aromatic rings. The van der Waals surface area contributed by atoms with Crippen LogP contribution in [0.2, 0.25) is 0 Å². The van der Waals surface area contributed by atoms with Gasteiger partial charge in [0, 0.05) is 16.4 Å². The van der Waals surface area contributed by atoms with Crippen molar-refractivity contribution in [2.45, 2.75) is 37.7 Å². The van der Waals surface area contributed by atoms with Crippen LogP contribution in [0.1, 0.15) is 34.4 Å². The van der Waals surface area contributed by atoms with Crippen LogP contribution in [0.4, 0.5) is 0 Å². The van der Waals surface area contributed by atoms with Crippen molar-refractivity contribution >= 4 is 22.9 Å². The minimum Gasteiger partial charge on any atom is -0.376 e. The van der Waals surface area contributed by atoms with Crippen molar-refractivity contribution in [3.8, 4) is 0 Å². The second-order valence-electron chi connectivity index (χ2n) is 3.76. The summed E-state index contributed by atoms with van der Waals surface area (Å²) in [5.74, 6) is 0. The van der Waals surface area contributed by atoms with E-state index in [4.69, 9.17) is 16.3 Å². The van der Waals surface area contributed by atoms with Gasteiger partial charge in [-0.15, -0.1) is 22.9 Å². The van der Waals surface area contributed by atoms with Gasteiger partial charge in [-0.25, -0.2) is 0 Å². The highest BCUT2D eigenvalue weighted by atomic mass is 35.5. The molecule has 0 N–H and O–H groups in total. The van der Waals surface area contributed by atoms with Gasteiger partial charge < -0.3 is 4.74 Å². The van der Waals surface area contributed by atoms with E-state index in [9.17, 15) is 0 Å². The maximum Gasteiger partial charge on any atom is 0.0939 e. The fraction of sp³-hybridized carbons (Fsp3) is 0.636. The van der Waals surface area contributed by atoms with Crippen molar-refractivity contribution < 1.29 is 4.74 Å². The zero-order valence-electron chi connectivity index (χ0n) is 8.33. The molecule has 3 heteroatoms. The first-order valence-electron chi connectivity index (χ1n) is 5.09. The molecule has 1 aromatic heterocycles. The van der Waals surface area contributed by atoms with Crippen LogP contribution < -0.4 is 0 Å². The van der Waals surface area contributed by atoms with E-state index in [1.54, 1.807) is 11.3 Å². The Kier molecular flexibility index (Phi) is 3.47. The molecule has 0 aliphatic carbocycles. The van der Waals surface area contributed by atoms with Gasteiger partial charge in [0.05, 0.1) is 11.5 Å². The number of rotatable bonds is 2. The van der Waals surface area contributed by atoms with Gasteiger partial charge >= 0.3 is 0 Å². The molecule has 14 heavy (non-hydrogen) atoms. The second-order valence-corrected chi connectivity index (χ2v) is 5.54. The van der Waals surface area contributed by atoms with Crippen molar-refractivity contribution in [2.24, 2.45) is 0 Å². The lowest BCUT2D eigenvalue weighted by Crippen LogP contribution is -2.23. The summed E-state index contributed by atoms with van der Waals surface area (Å²) in [5, 5.41) is 0.0500. The van der Waals surface area contributed by atoms with Crippen LogP contribution in [0, 0.1) is 6.92 Å². The van der Waals surface area contributed by atoms with Gasteiger partial charge in [0.25, 0.3) is 0 Å². The smallest absolute Gasteiger partial charge is 0.0939 e. The largest absolute Gasteiger partial charge is 0.376 e. The van der Waals surface area contributed by atoms with Crippen molar-refractivity contribution in [3.63, 3.8) is 0 Å². The quantitative estimate of drug-likeness (QED) is 0.701. The van der Waals surface area contributed by atoms with E-state index in [2.05, 4.69) is 19.1 Å². The predicted octanol–water partition coefficient (Wildman–Crippen LogP) is 3.91. The third-order valence-electron chi connectivity index (χ3n) is 2.57. The highest BCUT2D eigenvalue weighted by molar-refractivity contribution is 7.12. The van der Waals surface area contributed by atoms with E-state index >= 15 is 0 Å². The van der Waals surface area contributed by atoms with E-state index in [1.165, 1.54) is 22.6 Å². The summed E-state index contributed by atoms with van der Waals surface area (Å²) >= 11 is 8.16. The van der Waals surface area contributed by atoms with Crippen LogP contribution in [0.25, 0.3) is 0 Å². The third kappa shape index (κ3) is 2.30. The minimum atomic E-state index is 0.0500. The van der Waals surface area contributed by atoms with Gasteiger partial charge in [-0.1, -0.05) is 0 Å². The molecule has 0 radical (unpaired) electrons. The van der Waals surface area contributed by atoms with Crippen molar-refractivity contribution in [1.29, 1.82) is 0 Å². The number of ether oxygens (including phenoxy) is 1. The lowest BCUT2D eigenvalue weighted by Gasteiger charge is -2.25. The minimum absolute atomic E-state index is 0.0500. The average molecular weight is 231 g/mol. The Bertz CT molecular complexity index is 291. The molecule has 2 unspecified atom stereocenters. The Hall–Kier alpha value is -0.0500. The van der Waals surface area contributed by atoms with Gasteiger partial charge in [-0.2, -0.15) is 0 Å². The molecule has 1 saturated heterocycles. The lowest BCUT2D eigenvalue weighted by atomic mass is 10.1.